The van der Waals surface area contributed by atoms with Gasteiger partial charge in [-0.2, -0.15) is 0 Å². The molecule has 0 aliphatic rings. The molecule has 1 unspecified atom stereocenters. The van der Waals surface area contributed by atoms with Crippen LogP contribution in [0.25, 0.3) is 0 Å². The third-order valence-electron chi connectivity index (χ3n) is 4.02. The van der Waals surface area contributed by atoms with Gasteiger partial charge in [0.2, 0.25) is 15.9 Å². The molecule has 2 rings (SSSR count). The molecule has 0 heterocycles. The second-order valence-electron chi connectivity index (χ2n) is 6.36. The van der Waals surface area contributed by atoms with Crippen LogP contribution in [0.5, 0.6) is 0 Å². The molecule has 2 aromatic carbocycles. The van der Waals surface area contributed by atoms with Crippen molar-refractivity contribution in [2.75, 3.05) is 22.5 Å². The number of esters is 1. The summed E-state index contributed by atoms with van der Waals surface area (Å²) < 4.78 is 30.6. The molecule has 0 aromatic heterocycles. The summed E-state index contributed by atoms with van der Waals surface area (Å²) in [6.07, 6.45) is 1.05. The fourth-order valence-corrected chi connectivity index (χ4v) is 3.86. The maximum atomic E-state index is 12.7. The maximum Gasteiger partial charge on any atom is 0.338 e. The molecule has 0 aliphatic carbocycles. The summed E-state index contributed by atoms with van der Waals surface area (Å²) in [5, 5.41) is 2.66. The Bertz CT molecular complexity index is 955. The number of hydrogen-bond acceptors (Lipinski definition) is 5. The van der Waals surface area contributed by atoms with Crippen molar-refractivity contribution in [3.8, 4) is 0 Å². The zero-order valence-corrected chi connectivity index (χ0v) is 17.1. The molecule has 7 nitrogen and oxygen atoms in total. The lowest BCUT2D eigenvalue weighted by Crippen LogP contribution is -2.45. The minimum Gasteiger partial charge on any atom is -0.462 e. The molecule has 150 valence electrons. The zero-order chi connectivity index (χ0) is 20.9. The van der Waals surface area contributed by atoms with E-state index in [0.29, 0.717) is 16.9 Å². The summed E-state index contributed by atoms with van der Waals surface area (Å²) in [4.78, 5) is 24.6. The quantitative estimate of drug-likeness (QED) is 0.716. The van der Waals surface area contributed by atoms with Crippen molar-refractivity contribution < 1.29 is 22.7 Å². The number of anilines is 2. The fraction of sp³-hybridized carbons (Fsp3) is 0.300. The Balaban J connectivity index is 2.25. The lowest BCUT2D eigenvalue weighted by atomic mass is 10.2. The van der Waals surface area contributed by atoms with Crippen molar-refractivity contribution in [1.82, 2.24) is 0 Å². The number of carbonyl (C=O) groups excluding carboxylic acids is 2. The standard InChI is InChI=1S/C20H24N2O5S/c1-5-27-20(24)16-7-6-8-17(13-16)21-19(23)15(3)22(28(4,25)26)18-11-9-14(2)10-12-18/h6-13,15H,5H2,1-4H3,(H,21,23). The number of carbonyl (C=O) groups is 2. The molecule has 28 heavy (non-hydrogen) atoms. The molecule has 0 aliphatic heterocycles. The number of rotatable bonds is 7. The lowest BCUT2D eigenvalue weighted by Gasteiger charge is -2.28. The average Bonchev–Trinajstić information content (AvgIpc) is 2.62. The van der Waals surface area contributed by atoms with E-state index in [4.69, 9.17) is 4.74 Å². The van der Waals surface area contributed by atoms with E-state index >= 15 is 0 Å². The summed E-state index contributed by atoms with van der Waals surface area (Å²) in [6.45, 7) is 5.34. The number of benzene rings is 2. The van der Waals surface area contributed by atoms with Crippen LogP contribution in [0.2, 0.25) is 0 Å². The Labute approximate surface area is 165 Å². The van der Waals surface area contributed by atoms with Crippen LogP contribution in [0.1, 0.15) is 29.8 Å². The topological polar surface area (TPSA) is 92.8 Å². The van der Waals surface area contributed by atoms with Gasteiger partial charge >= 0.3 is 5.97 Å². The number of sulfonamides is 1. The Morgan fingerprint density at radius 1 is 1.14 bits per heavy atom. The van der Waals surface area contributed by atoms with Crippen LogP contribution in [-0.2, 0) is 19.6 Å². The third-order valence-corrected chi connectivity index (χ3v) is 5.26. The number of nitrogens with one attached hydrogen (secondary N) is 1. The van der Waals surface area contributed by atoms with E-state index in [2.05, 4.69) is 5.32 Å². The molecule has 0 fully saturated rings. The van der Waals surface area contributed by atoms with Gasteiger partial charge in [-0.15, -0.1) is 0 Å². The van der Waals surface area contributed by atoms with E-state index < -0.39 is 27.9 Å². The van der Waals surface area contributed by atoms with Crippen molar-refractivity contribution in [3.63, 3.8) is 0 Å². The number of ether oxygens (including phenoxy) is 1. The van der Waals surface area contributed by atoms with Gasteiger partial charge in [-0.25, -0.2) is 13.2 Å². The molecule has 0 saturated carbocycles. The molecule has 2 aromatic rings. The summed E-state index contributed by atoms with van der Waals surface area (Å²) in [7, 11) is -3.70. The third kappa shape index (κ3) is 5.32. The predicted octanol–water partition coefficient (Wildman–Crippen LogP) is 2.96. The summed E-state index contributed by atoms with van der Waals surface area (Å²) in [5.41, 5.74) is 2.05. The Kier molecular flexibility index (Phi) is 6.80. The van der Waals surface area contributed by atoms with Gasteiger partial charge in [-0.1, -0.05) is 23.8 Å². The Morgan fingerprint density at radius 3 is 2.36 bits per heavy atom. The minimum absolute atomic E-state index is 0.242. The lowest BCUT2D eigenvalue weighted by molar-refractivity contribution is -0.116. The van der Waals surface area contributed by atoms with Crippen LogP contribution < -0.4 is 9.62 Å². The number of hydrogen-bond donors (Lipinski definition) is 1. The monoisotopic (exact) mass is 404 g/mol. The van der Waals surface area contributed by atoms with E-state index in [1.165, 1.54) is 13.0 Å². The highest BCUT2D eigenvalue weighted by molar-refractivity contribution is 7.92. The SMILES string of the molecule is CCOC(=O)c1cccc(NC(=O)C(C)N(c2ccc(C)cc2)S(C)(=O)=O)c1. The normalized spacial score (nSPS) is 12.1. The first kappa shape index (κ1) is 21.4. The van der Waals surface area contributed by atoms with E-state index in [1.54, 1.807) is 49.4 Å². The number of aryl methyl sites for hydroxylation is 1. The van der Waals surface area contributed by atoms with Crippen LogP contribution in [0.3, 0.4) is 0 Å². The Morgan fingerprint density at radius 2 is 1.79 bits per heavy atom. The molecule has 0 spiro atoms. The Hall–Kier alpha value is -2.87. The zero-order valence-electron chi connectivity index (χ0n) is 16.3. The van der Waals surface area contributed by atoms with Crippen LogP contribution in [0.15, 0.2) is 48.5 Å². The van der Waals surface area contributed by atoms with Gasteiger partial charge in [0.15, 0.2) is 0 Å². The van der Waals surface area contributed by atoms with Crippen LogP contribution >= 0.6 is 0 Å². The van der Waals surface area contributed by atoms with Gasteiger partial charge in [0.25, 0.3) is 0 Å². The molecule has 0 saturated heterocycles. The van der Waals surface area contributed by atoms with Crippen LogP contribution in [0.4, 0.5) is 11.4 Å². The van der Waals surface area contributed by atoms with Crippen LogP contribution in [-0.4, -0.2) is 39.2 Å². The molecule has 1 atom stereocenters. The van der Waals surface area contributed by atoms with Gasteiger partial charge in [-0.05, 0) is 51.1 Å². The smallest absolute Gasteiger partial charge is 0.338 e. The first-order chi connectivity index (χ1) is 13.1. The van der Waals surface area contributed by atoms with Crippen molar-refractivity contribution in [1.29, 1.82) is 0 Å². The van der Waals surface area contributed by atoms with Crippen LogP contribution in [0, 0.1) is 6.92 Å². The van der Waals surface area contributed by atoms with E-state index in [9.17, 15) is 18.0 Å². The predicted molar refractivity (Wildman–Crippen MR) is 109 cm³/mol. The minimum atomic E-state index is -3.70. The van der Waals surface area contributed by atoms with Crippen molar-refractivity contribution >= 4 is 33.3 Å². The van der Waals surface area contributed by atoms with Crippen molar-refractivity contribution in [2.24, 2.45) is 0 Å². The van der Waals surface area contributed by atoms with Gasteiger partial charge in [-0.3, -0.25) is 9.10 Å². The summed E-state index contributed by atoms with van der Waals surface area (Å²) in [5.74, 6) is -1.02. The van der Waals surface area contributed by atoms with Gasteiger partial charge in [0, 0.05) is 5.69 Å². The van der Waals surface area contributed by atoms with E-state index in [0.717, 1.165) is 16.1 Å². The molecular weight excluding hydrogens is 380 g/mol. The summed E-state index contributed by atoms with van der Waals surface area (Å²) >= 11 is 0. The molecular formula is C20H24N2O5S. The molecule has 8 heteroatoms. The first-order valence-corrected chi connectivity index (χ1v) is 10.6. The second kappa shape index (κ2) is 8.88. The maximum absolute atomic E-state index is 12.7. The molecule has 1 amide bonds. The van der Waals surface area contributed by atoms with Gasteiger partial charge < -0.3 is 10.1 Å². The molecule has 1 N–H and O–H groups in total. The van der Waals surface area contributed by atoms with E-state index in [-0.39, 0.29) is 6.61 Å². The van der Waals surface area contributed by atoms with E-state index in [1.807, 2.05) is 6.92 Å². The first-order valence-electron chi connectivity index (χ1n) is 8.77. The van der Waals surface area contributed by atoms with Crippen molar-refractivity contribution in [3.05, 3.63) is 59.7 Å². The highest BCUT2D eigenvalue weighted by atomic mass is 32.2. The highest BCUT2D eigenvalue weighted by Gasteiger charge is 2.29. The highest BCUT2D eigenvalue weighted by Crippen LogP contribution is 2.22. The molecule has 0 radical (unpaired) electrons. The van der Waals surface area contributed by atoms with Gasteiger partial charge in [0.05, 0.1) is 24.1 Å². The average molecular weight is 404 g/mol. The second-order valence-corrected chi connectivity index (χ2v) is 8.22. The van der Waals surface area contributed by atoms with Crippen molar-refractivity contribution in [2.45, 2.75) is 26.8 Å². The molecule has 0 bridgehead atoms. The largest absolute Gasteiger partial charge is 0.462 e. The summed E-state index contributed by atoms with van der Waals surface area (Å²) in [6, 6.07) is 12.2. The fourth-order valence-electron chi connectivity index (χ4n) is 2.69. The van der Waals surface area contributed by atoms with Gasteiger partial charge in [0.1, 0.15) is 6.04 Å². The number of nitrogens with zero attached hydrogens (tertiary/aromatic N) is 1. The number of amides is 1.